The van der Waals surface area contributed by atoms with Crippen molar-refractivity contribution in [1.82, 2.24) is 0 Å². The fraction of sp³-hybridized carbons (Fsp3) is 0.667. The van der Waals surface area contributed by atoms with E-state index in [1.165, 1.54) is 32.8 Å². The van der Waals surface area contributed by atoms with Crippen molar-refractivity contribution in [2.75, 3.05) is 0 Å². The number of hydrogen-bond donors (Lipinski definition) is 0. The molecule has 0 fully saturated rings. The molecule has 0 amide bonds. The lowest BCUT2D eigenvalue weighted by atomic mass is 9.71. The first-order valence-corrected chi connectivity index (χ1v) is 3.15. The van der Waals surface area contributed by atoms with Gasteiger partial charge in [0.15, 0.2) is 0 Å². The lowest BCUT2D eigenvalue weighted by Gasteiger charge is -1.84. The second-order valence-electron chi connectivity index (χ2n) is 2.11. The predicted octanol–water partition coefficient (Wildman–Crippen LogP) is 1.61. The minimum absolute atomic E-state index is 1.32. The lowest BCUT2D eigenvalue weighted by molar-refractivity contribution is 0.957. The summed E-state index contributed by atoms with van der Waals surface area (Å²) in [7, 11) is 1.41. The quantitative estimate of drug-likeness (QED) is 0.316. The van der Waals surface area contributed by atoms with Crippen LogP contribution in [0.5, 0.6) is 0 Å². The van der Waals surface area contributed by atoms with Crippen LogP contribution in [0, 0.1) is 0 Å². The summed E-state index contributed by atoms with van der Waals surface area (Å²) in [5, 5.41) is 0. The van der Waals surface area contributed by atoms with Gasteiger partial charge in [0.05, 0.1) is 0 Å². The maximum absolute atomic E-state index is 2.30. The third-order valence-corrected chi connectivity index (χ3v) is 1.41. The van der Waals surface area contributed by atoms with Gasteiger partial charge in [0.25, 0.3) is 0 Å². The highest BCUT2D eigenvalue weighted by atomic mass is 13.8. The van der Waals surface area contributed by atoms with Crippen LogP contribution in [0.2, 0.25) is 12.6 Å². The first-order valence-electron chi connectivity index (χ1n) is 3.15. The van der Waals surface area contributed by atoms with Crippen molar-refractivity contribution < 1.29 is 0 Å². The molecule has 0 aliphatic carbocycles. The molecule has 0 spiro atoms. The van der Waals surface area contributed by atoms with Gasteiger partial charge < -0.3 is 0 Å². The van der Waals surface area contributed by atoms with Gasteiger partial charge >= 0.3 is 0 Å². The standard InChI is InChI=1S/C6H11B/c1-2-4-6-7-5-3-1/h1,3,7H,2,4-6H2. The van der Waals surface area contributed by atoms with E-state index in [0.717, 1.165) is 0 Å². The normalized spacial score (nSPS) is 20.6. The Bertz CT molecular complexity index is 58.6. The number of hydrogen-bond acceptors (Lipinski definition) is 0. The van der Waals surface area contributed by atoms with Gasteiger partial charge in [0, 0.05) is 0 Å². The minimum Gasteiger partial charge on any atom is -0.0960 e. The van der Waals surface area contributed by atoms with Crippen LogP contribution in [0.4, 0.5) is 0 Å². The van der Waals surface area contributed by atoms with Crippen LogP contribution in [0.1, 0.15) is 12.8 Å². The second kappa shape index (κ2) is 2.89. The van der Waals surface area contributed by atoms with Crippen LogP contribution in [0.15, 0.2) is 12.2 Å². The summed E-state index contributed by atoms with van der Waals surface area (Å²) in [6.45, 7) is 0. The van der Waals surface area contributed by atoms with Gasteiger partial charge in [-0.05, 0) is 6.42 Å². The van der Waals surface area contributed by atoms with Crippen LogP contribution < -0.4 is 0 Å². The van der Waals surface area contributed by atoms with Gasteiger partial charge in [-0.15, -0.1) is 0 Å². The number of allylic oxidation sites excluding steroid dienone is 2. The van der Waals surface area contributed by atoms with Gasteiger partial charge in [0.2, 0.25) is 0 Å². The Balaban J connectivity index is 2.20. The molecule has 0 nitrogen and oxygen atoms in total. The molecule has 0 unspecified atom stereocenters. The van der Waals surface area contributed by atoms with E-state index in [2.05, 4.69) is 12.2 Å². The maximum atomic E-state index is 2.30. The third kappa shape index (κ3) is 1.81. The Labute approximate surface area is 45.9 Å². The maximum Gasteiger partial charge on any atom is 0.124 e. The first-order chi connectivity index (χ1) is 3.50. The third-order valence-electron chi connectivity index (χ3n) is 1.41. The Morgan fingerprint density at radius 3 is 3.29 bits per heavy atom. The number of rotatable bonds is 0. The van der Waals surface area contributed by atoms with E-state index in [4.69, 9.17) is 0 Å². The zero-order valence-corrected chi connectivity index (χ0v) is 4.69. The molecule has 0 N–H and O–H groups in total. The van der Waals surface area contributed by atoms with Gasteiger partial charge in [-0.3, -0.25) is 0 Å². The predicted molar refractivity (Wildman–Crippen MR) is 35.1 cm³/mol. The summed E-state index contributed by atoms with van der Waals surface area (Å²) in [5.74, 6) is 0. The average molecular weight is 94.0 g/mol. The zero-order valence-electron chi connectivity index (χ0n) is 4.69. The van der Waals surface area contributed by atoms with Crippen molar-refractivity contribution in [3.05, 3.63) is 12.2 Å². The molecule has 0 aromatic rings. The summed E-state index contributed by atoms with van der Waals surface area (Å²) in [5.41, 5.74) is 0. The summed E-state index contributed by atoms with van der Waals surface area (Å²) < 4.78 is 0. The van der Waals surface area contributed by atoms with Crippen LogP contribution >= 0.6 is 0 Å². The van der Waals surface area contributed by atoms with E-state index < -0.39 is 0 Å². The molecular weight excluding hydrogens is 82.9 g/mol. The smallest absolute Gasteiger partial charge is 0.0960 e. The molecule has 0 saturated carbocycles. The molecule has 38 valence electrons. The molecule has 1 heterocycles. The summed E-state index contributed by atoms with van der Waals surface area (Å²) in [6.07, 6.45) is 10.1. The van der Waals surface area contributed by atoms with Crippen molar-refractivity contribution in [3.8, 4) is 0 Å². The van der Waals surface area contributed by atoms with E-state index in [1.54, 1.807) is 0 Å². The van der Waals surface area contributed by atoms with Crippen LogP contribution in [0.3, 0.4) is 0 Å². The fourth-order valence-corrected chi connectivity index (χ4v) is 0.937. The highest BCUT2D eigenvalue weighted by Gasteiger charge is 1.91. The van der Waals surface area contributed by atoms with E-state index in [-0.39, 0.29) is 0 Å². The molecule has 7 heavy (non-hydrogen) atoms. The fourth-order valence-electron chi connectivity index (χ4n) is 0.937. The molecule has 1 rings (SSSR count). The molecule has 0 bridgehead atoms. The molecule has 0 aromatic carbocycles. The van der Waals surface area contributed by atoms with Gasteiger partial charge in [0.1, 0.15) is 7.28 Å². The Hall–Kier alpha value is -0.195. The van der Waals surface area contributed by atoms with Crippen molar-refractivity contribution in [3.63, 3.8) is 0 Å². The molecule has 0 aromatic heterocycles. The lowest BCUT2D eigenvalue weighted by Crippen LogP contribution is -1.80. The largest absolute Gasteiger partial charge is 0.124 e. The van der Waals surface area contributed by atoms with Crippen molar-refractivity contribution >= 4 is 7.28 Å². The second-order valence-corrected chi connectivity index (χ2v) is 2.11. The van der Waals surface area contributed by atoms with E-state index in [9.17, 15) is 0 Å². The average Bonchev–Trinajstić information content (AvgIpc) is 1.90. The van der Waals surface area contributed by atoms with E-state index in [1.807, 2.05) is 0 Å². The highest BCUT2D eigenvalue weighted by Crippen LogP contribution is 2.03. The van der Waals surface area contributed by atoms with Crippen molar-refractivity contribution in [2.24, 2.45) is 0 Å². The van der Waals surface area contributed by atoms with Gasteiger partial charge in [-0.25, -0.2) is 0 Å². The molecule has 1 heteroatoms. The summed E-state index contributed by atoms with van der Waals surface area (Å²) in [6, 6.07) is 0. The van der Waals surface area contributed by atoms with Gasteiger partial charge in [-0.2, -0.15) is 0 Å². The van der Waals surface area contributed by atoms with E-state index in [0.29, 0.717) is 0 Å². The van der Waals surface area contributed by atoms with Crippen molar-refractivity contribution in [1.29, 1.82) is 0 Å². The summed E-state index contributed by atoms with van der Waals surface area (Å²) >= 11 is 0. The topological polar surface area (TPSA) is 0 Å². The minimum atomic E-state index is 1.32. The zero-order chi connectivity index (χ0) is 4.95. The Morgan fingerprint density at radius 1 is 1.29 bits per heavy atom. The molecule has 0 saturated heterocycles. The monoisotopic (exact) mass is 94.1 g/mol. The highest BCUT2D eigenvalue weighted by molar-refractivity contribution is 6.36. The van der Waals surface area contributed by atoms with Gasteiger partial charge in [-0.1, -0.05) is 31.2 Å². The van der Waals surface area contributed by atoms with Crippen molar-refractivity contribution in [2.45, 2.75) is 25.5 Å². The summed E-state index contributed by atoms with van der Waals surface area (Å²) in [4.78, 5) is 0. The van der Waals surface area contributed by atoms with E-state index >= 15 is 0 Å². The molecular formula is C6H11B. The SMILES string of the molecule is B1CC=CCCC1. The van der Waals surface area contributed by atoms with Crippen LogP contribution in [-0.2, 0) is 0 Å². The Morgan fingerprint density at radius 2 is 2.29 bits per heavy atom. The first kappa shape index (κ1) is 4.95. The molecule has 1 aliphatic rings. The molecule has 0 atom stereocenters. The molecule has 0 radical (unpaired) electrons. The van der Waals surface area contributed by atoms with Crippen LogP contribution in [0.25, 0.3) is 0 Å². The molecule has 1 aliphatic heterocycles. The van der Waals surface area contributed by atoms with Crippen LogP contribution in [-0.4, -0.2) is 7.28 Å². The Kier molecular flexibility index (Phi) is 2.05.